The Balaban J connectivity index is -0.000000129. The van der Waals surface area contributed by atoms with E-state index in [2.05, 4.69) is 76.2 Å². The van der Waals surface area contributed by atoms with E-state index < -0.39 is 20.5 Å². The van der Waals surface area contributed by atoms with Crippen molar-refractivity contribution in [1.82, 2.24) is 0 Å². The van der Waals surface area contributed by atoms with E-state index in [0.29, 0.717) is 11.6 Å². The van der Waals surface area contributed by atoms with Crippen molar-refractivity contribution in [3.05, 3.63) is 0 Å². The van der Waals surface area contributed by atoms with E-state index in [9.17, 15) is 0 Å². The summed E-state index contributed by atoms with van der Waals surface area (Å²) in [5.74, 6) is -1.08. The summed E-state index contributed by atoms with van der Waals surface area (Å²) in [5, 5.41) is 26.6. The van der Waals surface area contributed by atoms with Crippen LogP contribution < -0.4 is 10.2 Å². The molecule has 9 heteroatoms. The zero-order valence-electron chi connectivity index (χ0n) is 23.3. The van der Waals surface area contributed by atoms with Gasteiger partial charge in [-0.25, -0.2) is 0 Å². The maximum Gasteiger partial charge on any atom is 0.124 e. The van der Waals surface area contributed by atoms with Crippen molar-refractivity contribution in [2.75, 3.05) is 68.2 Å². The van der Waals surface area contributed by atoms with Gasteiger partial charge in [0, 0.05) is 24.1 Å². The van der Waals surface area contributed by atoms with Gasteiger partial charge in [0.25, 0.3) is 0 Å². The predicted molar refractivity (Wildman–Crippen MR) is 138 cm³/mol. The van der Waals surface area contributed by atoms with Crippen LogP contribution in [-0.2, 0) is 14.3 Å². The first-order chi connectivity index (χ1) is 14.1. The van der Waals surface area contributed by atoms with Crippen molar-refractivity contribution >= 4 is 20.5 Å². The third kappa shape index (κ3) is 35.8. The summed E-state index contributed by atoms with van der Waals surface area (Å²) >= 11 is 0. The van der Waals surface area contributed by atoms with Crippen LogP contribution in [0.1, 0.15) is 54.9 Å². The molecule has 0 bridgehead atoms. The number of carbonyl (C=O) groups excluding carboxylic acids is 2. The Morgan fingerprint density at radius 2 is 1.45 bits per heavy atom. The first-order valence-corrected chi connectivity index (χ1v) is 14.4. The summed E-state index contributed by atoms with van der Waals surface area (Å²) in [4.78, 5) is 17.1. The maximum atomic E-state index is 8.96. The molecular weight excluding hydrogens is 440 g/mol. The highest BCUT2D eigenvalue weighted by molar-refractivity contribution is 6.80. The lowest BCUT2D eigenvalue weighted by Gasteiger charge is -2.45. The number of carbonyl (C=O) groups is 2. The molecule has 0 aromatic carbocycles. The first kappa shape index (κ1) is 42.2. The highest BCUT2D eigenvalue weighted by Crippen LogP contribution is 2.39. The van der Waals surface area contributed by atoms with E-state index in [0.717, 1.165) is 35.3 Å². The number of quaternary nitrogens is 2. The number of aliphatic carboxylic acids is 1. The highest BCUT2D eigenvalue weighted by Gasteiger charge is 2.46. The molecular formula is C24H58N2O6Si. The van der Waals surface area contributed by atoms with Gasteiger partial charge in [-0.05, 0) is 19.8 Å². The van der Waals surface area contributed by atoms with Crippen LogP contribution in [0.2, 0.25) is 18.1 Å². The van der Waals surface area contributed by atoms with Gasteiger partial charge in [-0.2, -0.15) is 0 Å². The SMILES string of the molecule is C.CC(=O)[O-].CC(C)(C[N+](C)(C)C)[Si](C)(C)C[N+](C)(C)C.CCCOCC(O)CC.O=C[O-]. The van der Waals surface area contributed by atoms with Gasteiger partial charge in [-0.3, -0.25) is 0 Å². The standard InChI is InChI=1S/C13H34N2Si.C7H16O2.C2H4O2.CH2O2.CH4/c1-13(2,11-14(3,4)5)16(9,10)12-15(6,7)8;1-3-5-9-6-7(8)4-2;1-2(3)4;2-1-3;/h11-12H2,1-10H3;7-8H,3-6H2,1-2H3;1H3,(H,3,4);1H,(H,2,3);1H4/q+2;;;;/p-2. The fourth-order valence-corrected chi connectivity index (χ4v) is 6.98. The van der Waals surface area contributed by atoms with Crippen LogP contribution in [-0.4, -0.2) is 109 Å². The quantitative estimate of drug-likeness (QED) is 0.211. The third-order valence-electron chi connectivity index (χ3n) is 4.70. The van der Waals surface area contributed by atoms with Gasteiger partial charge in [0.05, 0.1) is 67.7 Å². The minimum absolute atomic E-state index is 0. The monoisotopic (exact) mass is 498 g/mol. The number of carboxylic acid groups (broad SMARTS) is 2. The summed E-state index contributed by atoms with van der Waals surface area (Å²) in [6.07, 6.45) is 2.89. The molecule has 33 heavy (non-hydrogen) atoms. The molecule has 0 aliphatic rings. The second-order valence-electron chi connectivity index (χ2n) is 11.4. The van der Waals surface area contributed by atoms with Crippen molar-refractivity contribution in [1.29, 1.82) is 0 Å². The molecule has 0 fully saturated rings. The van der Waals surface area contributed by atoms with Crippen LogP contribution in [0.3, 0.4) is 0 Å². The molecule has 1 unspecified atom stereocenters. The molecule has 1 N–H and O–H groups in total. The second kappa shape index (κ2) is 20.4. The summed E-state index contributed by atoms with van der Waals surface area (Å²) in [6, 6.07) is 0. The average Bonchev–Trinajstić information content (AvgIpc) is 2.51. The minimum Gasteiger partial charge on any atom is -0.554 e. The van der Waals surface area contributed by atoms with E-state index in [1.54, 1.807) is 0 Å². The average molecular weight is 499 g/mol. The highest BCUT2D eigenvalue weighted by atomic mass is 28.3. The number of hydrogen-bond donors (Lipinski definition) is 1. The number of aliphatic hydroxyl groups is 1. The van der Waals surface area contributed by atoms with Crippen LogP contribution in [0.5, 0.6) is 0 Å². The number of hydrogen-bond acceptors (Lipinski definition) is 6. The van der Waals surface area contributed by atoms with Gasteiger partial charge in [-0.1, -0.05) is 48.2 Å². The van der Waals surface area contributed by atoms with Gasteiger partial charge in [-0.15, -0.1) is 0 Å². The van der Waals surface area contributed by atoms with Crippen molar-refractivity contribution < 1.29 is 38.6 Å². The topological polar surface area (TPSA) is 110 Å². The molecule has 0 saturated heterocycles. The van der Waals surface area contributed by atoms with Crippen LogP contribution >= 0.6 is 0 Å². The number of rotatable bonds is 10. The van der Waals surface area contributed by atoms with Crippen LogP contribution in [0.25, 0.3) is 0 Å². The molecule has 8 nitrogen and oxygen atoms in total. The van der Waals surface area contributed by atoms with Gasteiger partial charge < -0.3 is 38.6 Å². The predicted octanol–water partition coefficient (Wildman–Crippen LogP) is 1.37. The number of nitrogens with zero attached hydrogens (tertiary/aromatic N) is 2. The zero-order chi connectivity index (χ0) is 26.8. The molecule has 0 aromatic rings. The van der Waals surface area contributed by atoms with Crippen molar-refractivity contribution in [3.8, 4) is 0 Å². The molecule has 0 aromatic heterocycles. The summed E-state index contributed by atoms with van der Waals surface area (Å²) < 4.78 is 7.25. The van der Waals surface area contributed by atoms with Crippen LogP contribution in [0.15, 0.2) is 0 Å². The fourth-order valence-electron chi connectivity index (χ4n) is 3.28. The molecule has 0 heterocycles. The Bertz CT molecular complexity index is 443. The summed E-state index contributed by atoms with van der Waals surface area (Å²) in [7, 11) is 12.6. The van der Waals surface area contributed by atoms with Gasteiger partial charge in [0.2, 0.25) is 0 Å². The molecule has 204 valence electrons. The Kier molecular flexibility index (Phi) is 26.0. The lowest BCUT2D eigenvalue weighted by atomic mass is 10.2. The van der Waals surface area contributed by atoms with Crippen molar-refractivity contribution in [3.63, 3.8) is 0 Å². The van der Waals surface area contributed by atoms with Crippen molar-refractivity contribution in [2.45, 2.75) is 79.1 Å². The molecule has 1 atom stereocenters. The summed E-state index contributed by atoms with van der Waals surface area (Å²) in [5.41, 5.74) is 0. The zero-order valence-corrected chi connectivity index (χ0v) is 24.3. The molecule has 0 radical (unpaired) electrons. The van der Waals surface area contributed by atoms with E-state index >= 15 is 0 Å². The smallest absolute Gasteiger partial charge is 0.124 e. The number of carboxylic acids is 1. The van der Waals surface area contributed by atoms with Crippen molar-refractivity contribution in [2.24, 2.45) is 0 Å². The fraction of sp³-hybridized carbons (Fsp3) is 0.917. The van der Waals surface area contributed by atoms with Crippen LogP contribution in [0.4, 0.5) is 0 Å². The Morgan fingerprint density at radius 1 is 1.09 bits per heavy atom. The number of ether oxygens (including phenoxy) is 1. The Labute approximate surface area is 206 Å². The minimum atomic E-state index is -1.22. The summed E-state index contributed by atoms with van der Waals surface area (Å²) in [6.45, 7) is 17.0. The molecule has 0 aliphatic carbocycles. The lowest BCUT2D eigenvalue weighted by Crippen LogP contribution is -2.58. The van der Waals surface area contributed by atoms with Gasteiger partial charge in [0.1, 0.15) is 8.07 Å². The largest absolute Gasteiger partial charge is 0.554 e. The Morgan fingerprint density at radius 3 is 1.70 bits per heavy atom. The Hall–Kier alpha value is -1.00. The van der Waals surface area contributed by atoms with E-state index in [1.807, 2.05) is 6.92 Å². The number of aliphatic hydroxyl groups excluding tert-OH is 1. The second-order valence-corrected chi connectivity index (χ2v) is 16.8. The third-order valence-corrected chi connectivity index (χ3v) is 10.3. The van der Waals surface area contributed by atoms with E-state index in [4.69, 9.17) is 29.6 Å². The molecule has 0 spiro atoms. The first-order valence-electron chi connectivity index (χ1n) is 11.2. The van der Waals surface area contributed by atoms with E-state index in [1.165, 1.54) is 12.7 Å². The van der Waals surface area contributed by atoms with E-state index in [-0.39, 0.29) is 13.5 Å². The molecule has 0 saturated carbocycles. The van der Waals surface area contributed by atoms with Gasteiger partial charge in [0.15, 0.2) is 0 Å². The lowest BCUT2D eigenvalue weighted by molar-refractivity contribution is -0.873. The molecule has 0 amide bonds. The molecule has 0 rings (SSSR count). The maximum absolute atomic E-state index is 8.96. The van der Waals surface area contributed by atoms with Crippen LogP contribution in [0, 0.1) is 0 Å². The molecule has 0 aliphatic heterocycles. The normalized spacial score (nSPS) is 12.3. The van der Waals surface area contributed by atoms with Gasteiger partial charge >= 0.3 is 0 Å².